The summed E-state index contributed by atoms with van der Waals surface area (Å²) >= 11 is 6.10. The number of anilines is 1. The van der Waals surface area contributed by atoms with E-state index in [1.807, 2.05) is 60.7 Å². The molecule has 3 aromatic carbocycles. The van der Waals surface area contributed by atoms with Crippen molar-refractivity contribution in [3.8, 4) is 16.9 Å². The molecule has 7 nitrogen and oxygen atoms in total. The summed E-state index contributed by atoms with van der Waals surface area (Å²) in [6.45, 7) is 0.281. The van der Waals surface area contributed by atoms with Gasteiger partial charge in [0.15, 0.2) is 0 Å². The topological polar surface area (TPSA) is 77.6 Å². The number of benzene rings is 3. The molecule has 0 unspecified atom stereocenters. The van der Waals surface area contributed by atoms with Gasteiger partial charge in [-0.3, -0.25) is 10.1 Å². The molecule has 0 fully saturated rings. The van der Waals surface area contributed by atoms with Crippen LogP contribution >= 0.6 is 11.6 Å². The number of hydrogen-bond acceptors (Lipinski definition) is 4. The molecule has 0 atom stereocenters. The van der Waals surface area contributed by atoms with Gasteiger partial charge in [-0.15, -0.1) is 5.10 Å². The number of carbonyl (C=O) groups is 1. The Hall–Kier alpha value is -4.30. The van der Waals surface area contributed by atoms with Crippen LogP contribution in [0.5, 0.6) is 0 Å². The van der Waals surface area contributed by atoms with Crippen LogP contribution in [0.15, 0.2) is 91.4 Å². The summed E-state index contributed by atoms with van der Waals surface area (Å²) in [4.78, 5) is 17.4. The standard InChI is InChI=1S/C25H18ClFN6O/c26-22-13-19(27)12-11-18(22)14-32-16-28-25(31-32)29-24(34)21-15-33(20-9-5-2-6-10-20)30-23(21)17-7-3-1-4-8-17/h1-13,15-16H,14H2,(H,29,31,34). The van der Waals surface area contributed by atoms with Gasteiger partial charge in [0.25, 0.3) is 5.91 Å². The van der Waals surface area contributed by atoms with Crippen LogP contribution in [-0.4, -0.2) is 30.5 Å². The molecule has 0 aliphatic rings. The molecule has 0 saturated heterocycles. The third-order valence-corrected chi connectivity index (χ3v) is 5.49. The first kappa shape index (κ1) is 21.5. The highest BCUT2D eigenvalue weighted by atomic mass is 35.5. The second-order valence-corrected chi connectivity index (χ2v) is 7.90. The second kappa shape index (κ2) is 9.29. The lowest BCUT2D eigenvalue weighted by molar-refractivity contribution is 0.102. The first-order valence-electron chi connectivity index (χ1n) is 10.4. The maximum atomic E-state index is 13.3. The van der Waals surface area contributed by atoms with Gasteiger partial charge in [0, 0.05) is 16.8 Å². The minimum Gasteiger partial charge on any atom is -0.289 e. The van der Waals surface area contributed by atoms with Gasteiger partial charge >= 0.3 is 0 Å². The lowest BCUT2D eigenvalue weighted by atomic mass is 10.1. The highest BCUT2D eigenvalue weighted by molar-refractivity contribution is 6.31. The summed E-state index contributed by atoms with van der Waals surface area (Å²) in [5.74, 6) is -0.668. The van der Waals surface area contributed by atoms with Crippen molar-refractivity contribution in [2.75, 3.05) is 5.32 Å². The van der Waals surface area contributed by atoms with Crippen molar-refractivity contribution in [2.24, 2.45) is 0 Å². The van der Waals surface area contributed by atoms with Crippen molar-refractivity contribution in [3.05, 3.63) is 113 Å². The van der Waals surface area contributed by atoms with Crippen LogP contribution in [0, 0.1) is 5.82 Å². The zero-order valence-corrected chi connectivity index (χ0v) is 18.5. The maximum absolute atomic E-state index is 13.3. The van der Waals surface area contributed by atoms with Gasteiger partial charge in [0.05, 0.1) is 17.8 Å². The Balaban J connectivity index is 1.41. The second-order valence-electron chi connectivity index (χ2n) is 7.49. The Bertz CT molecular complexity index is 1450. The lowest BCUT2D eigenvalue weighted by Gasteiger charge is -2.04. The van der Waals surface area contributed by atoms with E-state index in [0.29, 0.717) is 21.8 Å². The van der Waals surface area contributed by atoms with E-state index in [2.05, 4.69) is 20.5 Å². The number of aromatic nitrogens is 5. The average Bonchev–Trinajstić information content (AvgIpc) is 3.49. The zero-order chi connectivity index (χ0) is 23.5. The normalized spacial score (nSPS) is 10.9. The molecule has 5 aromatic rings. The van der Waals surface area contributed by atoms with Crippen molar-refractivity contribution in [1.29, 1.82) is 0 Å². The first-order valence-corrected chi connectivity index (χ1v) is 10.8. The fraction of sp³-hybridized carbons (Fsp3) is 0.0400. The molecule has 1 amide bonds. The molecular formula is C25H18ClFN6O. The number of nitrogens with one attached hydrogen (secondary N) is 1. The number of carbonyl (C=O) groups excluding carboxylic acids is 1. The van der Waals surface area contributed by atoms with E-state index in [-0.39, 0.29) is 12.5 Å². The molecule has 2 aromatic heterocycles. The number of halogens is 2. The number of rotatable bonds is 6. The summed E-state index contributed by atoms with van der Waals surface area (Å²) in [5.41, 5.74) is 3.25. The minimum atomic E-state index is -0.412. The smallest absolute Gasteiger partial charge is 0.261 e. The Morgan fingerprint density at radius 2 is 1.71 bits per heavy atom. The van der Waals surface area contributed by atoms with Gasteiger partial charge in [-0.2, -0.15) is 5.10 Å². The Kier molecular flexibility index (Phi) is 5.88. The minimum absolute atomic E-state index is 0.134. The van der Waals surface area contributed by atoms with E-state index < -0.39 is 11.7 Å². The Labute approximate surface area is 199 Å². The molecule has 2 heterocycles. The van der Waals surface area contributed by atoms with Crippen LogP contribution in [0.3, 0.4) is 0 Å². The van der Waals surface area contributed by atoms with Crippen molar-refractivity contribution < 1.29 is 9.18 Å². The average molecular weight is 473 g/mol. The van der Waals surface area contributed by atoms with Crippen LogP contribution in [0.25, 0.3) is 16.9 Å². The molecule has 0 spiro atoms. The molecule has 0 saturated carbocycles. The number of amides is 1. The highest BCUT2D eigenvalue weighted by Crippen LogP contribution is 2.24. The monoisotopic (exact) mass is 472 g/mol. The van der Waals surface area contributed by atoms with Crippen molar-refractivity contribution >= 4 is 23.5 Å². The van der Waals surface area contributed by atoms with Gasteiger partial charge < -0.3 is 0 Å². The van der Waals surface area contributed by atoms with E-state index in [9.17, 15) is 9.18 Å². The van der Waals surface area contributed by atoms with Crippen molar-refractivity contribution in [1.82, 2.24) is 24.5 Å². The molecular weight excluding hydrogens is 455 g/mol. The van der Waals surface area contributed by atoms with Gasteiger partial charge in [-0.25, -0.2) is 18.7 Å². The summed E-state index contributed by atoms with van der Waals surface area (Å²) in [7, 11) is 0. The predicted molar refractivity (Wildman–Crippen MR) is 127 cm³/mol. The SMILES string of the molecule is O=C(Nc1ncn(Cc2ccc(F)cc2Cl)n1)c1cn(-c2ccccc2)nc1-c1ccccc1. The van der Waals surface area contributed by atoms with Gasteiger partial charge in [-0.05, 0) is 29.8 Å². The summed E-state index contributed by atoms with van der Waals surface area (Å²) in [6.07, 6.45) is 3.16. The number of para-hydroxylation sites is 1. The van der Waals surface area contributed by atoms with Gasteiger partial charge in [-0.1, -0.05) is 66.2 Å². The Morgan fingerprint density at radius 1 is 0.971 bits per heavy atom. The van der Waals surface area contributed by atoms with Crippen LogP contribution in [-0.2, 0) is 6.54 Å². The van der Waals surface area contributed by atoms with E-state index >= 15 is 0 Å². The molecule has 0 aliphatic heterocycles. The molecule has 5 rings (SSSR count). The van der Waals surface area contributed by atoms with E-state index in [1.165, 1.54) is 23.1 Å². The zero-order valence-electron chi connectivity index (χ0n) is 17.8. The fourth-order valence-corrected chi connectivity index (χ4v) is 3.71. The predicted octanol–water partition coefficient (Wildman–Crippen LogP) is 5.22. The van der Waals surface area contributed by atoms with Gasteiger partial charge in [0.2, 0.25) is 5.95 Å². The van der Waals surface area contributed by atoms with E-state index in [4.69, 9.17) is 11.6 Å². The van der Waals surface area contributed by atoms with Crippen molar-refractivity contribution in [3.63, 3.8) is 0 Å². The quantitative estimate of drug-likeness (QED) is 0.367. The highest BCUT2D eigenvalue weighted by Gasteiger charge is 2.20. The van der Waals surface area contributed by atoms with Crippen LogP contribution in [0.4, 0.5) is 10.3 Å². The third-order valence-electron chi connectivity index (χ3n) is 5.14. The van der Waals surface area contributed by atoms with Crippen LogP contribution in [0.1, 0.15) is 15.9 Å². The summed E-state index contributed by atoms with van der Waals surface area (Å²) in [5, 5.41) is 12.0. The molecule has 9 heteroatoms. The first-order chi connectivity index (χ1) is 16.6. The number of nitrogens with zero attached hydrogens (tertiary/aromatic N) is 5. The molecule has 1 N–H and O–H groups in total. The molecule has 0 aliphatic carbocycles. The summed E-state index contributed by atoms with van der Waals surface area (Å²) in [6, 6.07) is 23.2. The van der Waals surface area contributed by atoms with E-state index in [0.717, 1.165) is 11.3 Å². The summed E-state index contributed by atoms with van der Waals surface area (Å²) < 4.78 is 16.5. The maximum Gasteiger partial charge on any atom is 0.261 e. The number of hydrogen-bond donors (Lipinski definition) is 1. The fourth-order valence-electron chi connectivity index (χ4n) is 3.48. The molecule has 34 heavy (non-hydrogen) atoms. The van der Waals surface area contributed by atoms with E-state index in [1.54, 1.807) is 16.9 Å². The van der Waals surface area contributed by atoms with Crippen molar-refractivity contribution in [2.45, 2.75) is 6.54 Å². The van der Waals surface area contributed by atoms with Gasteiger partial charge in [0.1, 0.15) is 17.8 Å². The largest absolute Gasteiger partial charge is 0.289 e. The lowest BCUT2D eigenvalue weighted by Crippen LogP contribution is -2.14. The van der Waals surface area contributed by atoms with Crippen LogP contribution < -0.4 is 5.32 Å². The molecule has 168 valence electrons. The third kappa shape index (κ3) is 4.57. The molecule has 0 bridgehead atoms. The van der Waals surface area contributed by atoms with Crippen LogP contribution in [0.2, 0.25) is 5.02 Å². The molecule has 0 radical (unpaired) electrons. The Morgan fingerprint density at radius 3 is 2.44 bits per heavy atom.